The second-order valence-corrected chi connectivity index (χ2v) is 6.31. The lowest BCUT2D eigenvalue weighted by Gasteiger charge is -2.15. The zero-order valence-corrected chi connectivity index (χ0v) is 13.9. The number of hydrogen-bond acceptors (Lipinski definition) is 4. The highest BCUT2D eigenvalue weighted by molar-refractivity contribution is 7.09. The molecule has 0 bridgehead atoms. The Bertz CT molecular complexity index is 794. The average Bonchev–Trinajstić information content (AvgIpc) is 3.22. The predicted octanol–water partition coefficient (Wildman–Crippen LogP) is 3.16. The van der Waals surface area contributed by atoms with Crippen LogP contribution in [0.15, 0.2) is 41.9 Å². The van der Waals surface area contributed by atoms with Crippen LogP contribution in [0.5, 0.6) is 0 Å². The zero-order chi connectivity index (χ0) is 16.2. The summed E-state index contributed by atoms with van der Waals surface area (Å²) in [6.45, 7) is 2.65. The van der Waals surface area contributed by atoms with E-state index in [0.29, 0.717) is 12.2 Å². The maximum absolute atomic E-state index is 12.5. The Morgan fingerprint density at radius 1 is 1.30 bits per heavy atom. The number of rotatable bonds is 5. The fourth-order valence-electron chi connectivity index (χ4n) is 2.33. The molecule has 1 N–H and O–H groups in total. The van der Waals surface area contributed by atoms with E-state index in [1.54, 1.807) is 22.3 Å². The van der Waals surface area contributed by atoms with E-state index in [-0.39, 0.29) is 5.91 Å². The van der Waals surface area contributed by atoms with Gasteiger partial charge in [-0.1, -0.05) is 30.3 Å². The van der Waals surface area contributed by atoms with Gasteiger partial charge in [0.2, 0.25) is 0 Å². The van der Waals surface area contributed by atoms with Crippen molar-refractivity contribution in [3.05, 3.63) is 58.2 Å². The molecule has 0 aliphatic heterocycles. The molecule has 2 aromatic heterocycles. The molecule has 0 aliphatic rings. The highest BCUT2D eigenvalue weighted by Crippen LogP contribution is 2.18. The lowest BCUT2D eigenvalue weighted by Crippen LogP contribution is -2.29. The van der Waals surface area contributed by atoms with Gasteiger partial charge < -0.3 is 4.90 Å². The molecule has 0 radical (unpaired) electrons. The highest BCUT2D eigenvalue weighted by Gasteiger charge is 2.16. The van der Waals surface area contributed by atoms with E-state index in [1.165, 1.54) is 4.88 Å². The van der Waals surface area contributed by atoms with Gasteiger partial charge in [-0.15, -0.1) is 11.3 Å². The molecule has 0 aliphatic carbocycles. The molecule has 0 saturated heterocycles. The molecule has 3 aromatic rings. The molecular formula is C17H18N4OS. The molecular weight excluding hydrogens is 308 g/mol. The molecule has 0 saturated carbocycles. The van der Waals surface area contributed by atoms with Crippen molar-refractivity contribution < 1.29 is 4.79 Å². The monoisotopic (exact) mass is 326 g/mol. The summed E-state index contributed by atoms with van der Waals surface area (Å²) in [6, 6.07) is 11.6. The molecule has 23 heavy (non-hydrogen) atoms. The molecule has 0 fully saturated rings. The lowest BCUT2D eigenvalue weighted by molar-refractivity contribution is 0.0791. The van der Waals surface area contributed by atoms with Crippen molar-refractivity contribution in [3.63, 3.8) is 0 Å². The largest absolute Gasteiger partial charge is 0.340 e. The number of nitrogens with zero attached hydrogens (tertiary/aromatic N) is 3. The van der Waals surface area contributed by atoms with Gasteiger partial charge in [0.15, 0.2) is 0 Å². The second kappa shape index (κ2) is 6.75. The van der Waals surface area contributed by atoms with Crippen molar-refractivity contribution in [3.8, 4) is 11.3 Å². The summed E-state index contributed by atoms with van der Waals surface area (Å²) >= 11 is 1.63. The number of nitrogens with one attached hydrogen (secondary N) is 1. The third-order valence-electron chi connectivity index (χ3n) is 3.74. The fraction of sp³-hybridized carbons (Fsp3) is 0.235. The zero-order valence-electron chi connectivity index (χ0n) is 13.1. The molecule has 3 rings (SSSR count). The number of carbonyl (C=O) groups is 1. The van der Waals surface area contributed by atoms with Crippen LogP contribution < -0.4 is 0 Å². The molecule has 5 nitrogen and oxygen atoms in total. The Kier molecular flexibility index (Phi) is 4.52. The molecule has 1 amide bonds. The third-order valence-corrected chi connectivity index (χ3v) is 4.74. The first-order valence-electron chi connectivity index (χ1n) is 7.40. The van der Waals surface area contributed by atoms with Gasteiger partial charge in [0.05, 0.1) is 16.9 Å². The number of aryl methyl sites for hydroxylation is 1. The number of thiazole rings is 1. The maximum Gasteiger partial charge on any atom is 0.271 e. The van der Waals surface area contributed by atoms with Crippen LogP contribution >= 0.6 is 11.3 Å². The van der Waals surface area contributed by atoms with Gasteiger partial charge in [-0.2, -0.15) is 5.10 Å². The van der Waals surface area contributed by atoms with Gasteiger partial charge in [0.1, 0.15) is 5.69 Å². The van der Waals surface area contributed by atoms with E-state index in [0.717, 1.165) is 23.4 Å². The van der Waals surface area contributed by atoms with Crippen LogP contribution in [0, 0.1) is 6.92 Å². The molecule has 0 spiro atoms. The fourth-order valence-corrected chi connectivity index (χ4v) is 3.10. The summed E-state index contributed by atoms with van der Waals surface area (Å²) in [6.07, 6.45) is 0.818. The first kappa shape index (κ1) is 15.4. The van der Waals surface area contributed by atoms with E-state index < -0.39 is 0 Å². The summed E-state index contributed by atoms with van der Waals surface area (Å²) in [5.74, 6) is -0.0538. The Morgan fingerprint density at radius 2 is 2.09 bits per heavy atom. The summed E-state index contributed by atoms with van der Waals surface area (Å²) < 4.78 is 0. The van der Waals surface area contributed by atoms with Crippen molar-refractivity contribution in [1.29, 1.82) is 0 Å². The summed E-state index contributed by atoms with van der Waals surface area (Å²) in [7, 11) is 1.81. The Morgan fingerprint density at radius 3 is 2.78 bits per heavy atom. The van der Waals surface area contributed by atoms with E-state index in [1.807, 2.05) is 49.8 Å². The number of benzene rings is 1. The minimum atomic E-state index is -0.0538. The van der Waals surface area contributed by atoms with Crippen LogP contribution in [-0.4, -0.2) is 39.6 Å². The normalized spacial score (nSPS) is 10.7. The van der Waals surface area contributed by atoms with Gasteiger partial charge in [0, 0.05) is 30.5 Å². The summed E-state index contributed by atoms with van der Waals surface area (Å²) in [5.41, 5.74) is 5.16. The number of H-pyrrole nitrogens is 1. The highest BCUT2D eigenvalue weighted by atomic mass is 32.1. The topological polar surface area (TPSA) is 61.9 Å². The Labute approximate surface area is 139 Å². The quantitative estimate of drug-likeness (QED) is 0.783. The van der Waals surface area contributed by atoms with Crippen LogP contribution in [0.25, 0.3) is 11.3 Å². The summed E-state index contributed by atoms with van der Waals surface area (Å²) in [5, 5.41) is 7.07. The van der Waals surface area contributed by atoms with Gasteiger partial charge in [-0.25, -0.2) is 4.98 Å². The van der Waals surface area contributed by atoms with Crippen LogP contribution in [0.3, 0.4) is 0 Å². The molecule has 1 aromatic carbocycles. The Hall–Kier alpha value is -2.47. The molecule has 6 heteroatoms. The number of aromatic nitrogens is 3. The number of aromatic amines is 1. The van der Waals surface area contributed by atoms with Crippen LogP contribution in [0.1, 0.15) is 21.1 Å². The van der Waals surface area contributed by atoms with Crippen LogP contribution in [0.2, 0.25) is 0 Å². The first-order valence-corrected chi connectivity index (χ1v) is 8.28. The SMILES string of the molecule is Cc1ncsc1CCN(C)C(=O)c1cc(-c2ccccc2)n[nH]1. The van der Waals surface area contributed by atoms with Gasteiger partial charge in [0.25, 0.3) is 5.91 Å². The van der Waals surface area contributed by atoms with E-state index in [2.05, 4.69) is 15.2 Å². The van der Waals surface area contributed by atoms with Crippen molar-refractivity contribution in [1.82, 2.24) is 20.1 Å². The minimum Gasteiger partial charge on any atom is -0.340 e. The lowest BCUT2D eigenvalue weighted by atomic mass is 10.1. The minimum absolute atomic E-state index is 0.0538. The number of amides is 1. The predicted molar refractivity (Wildman–Crippen MR) is 91.5 cm³/mol. The number of hydrogen-bond donors (Lipinski definition) is 1. The summed E-state index contributed by atoms with van der Waals surface area (Å²) in [4.78, 5) is 19.6. The van der Waals surface area contributed by atoms with E-state index in [4.69, 9.17) is 0 Å². The van der Waals surface area contributed by atoms with Gasteiger partial charge in [-0.3, -0.25) is 9.89 Å². The van der Waals surface area contributed by atoms with Crippen molar-refractivity contribution >= 4 is 17.2 Å². The Balaban J connectivity index is 1.66. The van der Waals surface area contributed by atoms with Gasteiger partial charge in [-0.05, 0) is 13.0 Å². The molecule has 2 heterocycles. The van der Waals surface area contributed by atoms with E-state index in [9.17, 15) is 4.79 Å². The second-order valence-electron chi connectivity index (χ2n) is 5.37. The molecule has 0 atom stereocenters. The average molecular weight is 326 g/mol. The molecule has 118 valence electrons. The van der Waals surface area contributed by atoms with Gasteiger partial charge >= 0.3 is 0 Å². The smallest absolute Gasteiger partial charge is 0.271 e. The number of carbonyl (C=O) groups excluding carboxylic acids is 1. The van der Waals surface area contributed by atoms with Crippen molar-refractivity contribution in [2.24, 2.45) is 0 Å². The maximum atomic E-state index is 12.5. The number of likely N-dealkylation sites (N-methyl/N-ethyl adjacent to an activating group) is 1. The van der Waals surface area contributed by atoms with Crippen molar-refractivity contribution in [2.75, 3.05) is 13.6 Å². The van der Waals surface area contributed by atoms with E-state index >= 15 is 0 Å². The van der Waals surface area contributed by atoms with Crippen LogP contribution in [-0.2, 0) is 6.42 Å². The van der Waals surface area contributed by atoms with Crippen LogP contribution in [0.4, 0.5) is 0 Å². The third kappa shape index (κ3) is 3.48. The standard InChI is InChI=1S/C17H18N4OS/c1-12-16(23-11-18-12)8-9-21(2)17(22)15-10-14(19-20-15)13-6-4-3-5-7-13/h3-7,10-11H,8-9H2,1-2H3,(H,19,20). The van der Waals surface area contributed by atoms with Crippen molar-refractivity contribution in [2.45, 2.75) is 13.3 Å². The first-order chi connectivity index (χ1) is 11.1. The molecule has 0 unspecified atom stereocenters.